The maximum absolute atomic E-state index is 8.73. The van der Waals surface area contributed by atoms with Crippen LogP contribution in [0.4, 0.5) is 0 Å². The zero-order valence-electron chi connectivity index (χ0n) is 9.45. The van der Waals surface area contributed by atoms with E-state index in [2.05, 4.69) is 20.1 Å². The predicted octanol–water partition coefficient (Wildman–Crippen LogP) is 1.34. The lowest BCUT2D eigenvalue weighted by atomic mass is 10.4. The third-order valence-electron chi connectivity index (χ3n) is 2.51. The third kappa shape index (κ3) is 1.56. The Balaban J connectivity index is 1.99. The Kier molecular flexibility index (Phi) is 2.20. The molecule has 7 heteroatoms. The molecule has 88 valence electrons. The highest BCUT2D eigenvalue weighted by Crippen LogP contribution is 2.20. The topological polar surface area (TPSA) is 96.3 Å². The summed E-state index contributed by atoms with van der Waals surface area (Å²) >= 11 is 0. The summed E-state index contributed by atoms with van der Waals surface area (Å²) in [5.41, 5.74) is 1.83. The number of aromatic amines is 1. The van der Waals surface area contributed by atoms with Gasteiger partial charge < -0.3 is 14.1 Å². The fourth-order valence-electron chi connectivity index (χ4n) is 1.59. The molecule has 0 saturated carbocycles. The lowest BCUT2D eigenvalue weighted by molar-refractivity contribution is 0.430. The molecule has 0 aliphatic carbocycles. The second kappa shape index (κ2) is 3.85. The van der Waals surface area contributed by atoms with Crippen LogP contribution < -0.4 is 0 Å². The largest absolute Gasteiger partial charge is 0.342 e. The number of nitrogens with one attached hydrogen (secondary N) is 1. The summed E-state index contributed by atoms with van der Waals surface area (Å²) in [4.78, 5) is 11.1. The van der Waals surface area contributed by atoms with E-state index >= 15 is 0 Å². The fraction of sp³-hybridized carbons (Fsp3) is 0.0909. The summed E-state index contributed by atoms with van der Waals surface area (Å²) < 4.78 is 6.94. The summed E-state index contributed by atoms with van der Waals surface area (Å²) in [5.74, 6) is 0.797. The predicted molar refractivity (Wildman–Crippen MR) is 61.0 cm³/mol. The van der Waals surface area contributed by atoms with E-state index in [9.17, 15) is 0 Å². The van der Waals surface area contributed by atoms with Crippen LogP contribution in [0, 0.1) is 11.3 Å². The van der Waals surface area contributed by atoms with Crippen molar-refractivity contribution in [2.24, 2.45) is 7.05 Å². The first-order valence-electron chi connectivity index (χ1n) is 5.18. The third-order valence-corrected chi connectivity index (χ3v) is 2.51. The van der Waals surface area contributed by atoms with E-state index < -0.39 is 0 Å². The van der Waals surface area contributed by atoms with Crippen LogP contribution in [-0.2, 0) is 7.05 Å². The van der Waals surface area contributed by atoms with Crippen molar-refractivity contribution in [3.63, 3.8) is 0 Å². The average Bonchev–Trinajstić information content (AvgIpc) is 3.07. The van der Waals surface area contributed by atoms with Crippen molar-refractivity contribution in [1.29, 1.82) is 5.26 Å². The van der Waals surface area contributed by atoms with Gasteiger partial charge in [0.15, 0.2) is 0 Å². The highest BCUT2D eigenvalue weighted by atomic mass is 16.5. The molecule has 0 radical (unpaired) electrons. The van der Waals surface area contributed by atoms with Crippen LogP contribution in [0.3, 0.4) is 0 Å². The molecule has 0 saturated heterocycles. The van der Waals surface area contributed by atoms with Crippen LogP contribution in [0.25, 0.3) is 23.1 Å². The molecule has 0 fully saturated rings. The normalized spacial score (nSPS) is 10.4. The number of nitrogens with zero attached hydrogens (tertiary/aromatic N) is 5. The summed E-state index contributed by atoms with van der Waals surface area (Å²) in [6, 6.07) is 5.38. The maximum Gasteiger partial charge on any atom is 0.274 e. The first kappa shape index (κ1) is 10.3. The van der Waals surface area contributed by atoms with E-state index in [1.165, 1.54) is 0 Å². The molecular weight excluding hydrogens is 232 g/mol. The Bertz CT molecular complexity index is 729. The van der Waals surface area contributed by atoms with E-state index in [1.807, 2.05) is 13.1 Å². The van der Waals surface area contributed by atoms with E-state index in [1.54, 1.807) is 29.2 Å². The fourth-order valence-corrected chi connectivity index (χ4v) is 1.59. The standard InChI is InChI=1S/C11H8N6O/c1-17-6-13-5-9(17)10-15-11(18-16-10)8-3-2-7(4-12)14-8/h2-3,5-6,14H,1H3. The zero-order chi connectivity index (χ0) is 12.5. The Hall–Kier alpha value is -2.88. The van der Waals surface area contributed by atoms with Gasteiger partial charge in [0.2, 0.25) is 5.82 Å². The molecule has 18 heavy (non-hydrogen) atoms. The second-order valence-electron chi connectivity index (χ2n) is 3.71. The lowest BCUT2D eigenvalue weighted by Gasteiger charge is -1.92. The molecule has 0 amide bonds. The number of hydrogen-bond donors (Lipinski definition) is 1. The number of aryl methyl sites for hydroxylation is 1. The van der Waals surface area contributed by atoms with Crippen LogP contribution in [0.15, 0.2) is 29.2 Å². The van der Waals surface area contributed by atoms with Gasteiger partial charge in [0.05, 0.1) is 12.5 Å². The van der Waals surface area contributed by atoms with Crippen molar-refractivity contribution in [3.8, 4) is 29.2 Å². The van der Waals surface area contributed by atoms with Crippen LogP contribution >= 0.6 is 0 Å². The molecule has 0 aliphatic heterocycles. The molecule has 0 atom stereocenters. The van der Waals surface area contributed by atoms with Gasteiger partial charge in [-0.1, -0.05) is 5.16 Å². The average molecular weight is 240 g/mol. The Morgan fingerprint density at radius 2 is 2.33 bits per heavy atom. The van der Waals surface area contributed by atoms with Crippen molar-refractivity contribution in [2.45, 2.75) is 0 Å². The van der Waals surface area contributed by atoms with Gasteiger partial charge in [0.1, 0.15) is 23.2 Å². The molecule has 3 aromatic heterocycles. The van der Waals surface area contributed by atoms with Crippen molar-refractivity contribution >= 4 is 0 Å². The molecule has 3 aromatic rings. The van der Waals surface area contributed by atoms with Crippen LogP contribution in [0.1, 0.15) is 5.69 Å². The summed E-state index contributed by atoms with van der Waals surface area (Å²) in [6.07, 6.45) is 3.32. The Morgan fingerprint density at radius 1 is 1.44 bits per heavy atom. The zero-order valence-corrected chi connectivity index (χ0v) is 9.45. The minimum absolute atomic E-state index is 0.340. The number of imidazole rings is 1. The van der Waals surface area contributed by atoms with Crippen LogP contribution in [0.5, 0.6) is 0 Å². The lowest BCUT2D eigenvalue weighted by Crippen LogP contribution is -1.90. The number of nitriles is 1. The van der Waals surface area contributed by atoms with Crippen molar-refractivity contribution in [1.82, 2.24) is 24.7 Å². The summed E-state index contributed by atoms with van der Waals surface area (Å²) in [6.45, 7) is 0. The quantitative estimate of drug-likeness (QED) is 0.729. The monoisotopic (exact) mass is 240 g/mol. The van der Waals surface area contributed by atoms with E-state index in [-0.39, 0.29) is 0 Å². The number of rotatable bonds is 2. The minimum atomic E-state index is 0.340. The van der Waals surface area contributed by atoms with Crippen LogP contribution in [0.2, 0.25) is 0 Å². The van der Waals surface area contributed by atoms with Gasteiger partial charge in [-0.25, -0.2) is 4.98 Å². The van der Waals surface area contributed by atoms with Crippen molar-refractivity contribution < 1.29 is 4.52 Å². The van der Waals surface area contributed by atoms with Gasteiger partial charge in [-0.3, -0.25) is 0 Å². The Morgan fingerprint density at radius 3 is 3.00 bits per heavy atom. The van der Waals surface area contributed by atoms with Crippen molar-refractivity contribution in [2.75, 3.05) is 0 Å². The molecule has 1 N–H and O–H groups in total. The Labute approximate surface area is 102 Å². The summed E-state index contributed by atoms with van der Waals surface area (Å²) in [5, 5.41) is 12.6. The van der Waals surface area contributed by atoms with Gasteiger partial charge in [0, 0.05) is 7.05 Å². The van der Waals surface area contributed by atoms with E-state index in [0.29, 0.717) is 23.1 Å². The van der Waals surface area contributed by atoms with Gasteiger partial charge in [-0.2, -0.15) is 10.2 Å². The molecule has 0 aliphatic rings. The molecular formula is C11H8N6O. The van der Waals surface area contributed by atoms with Crippen LogP contribution in [-0.4, -0.2) is 24.7 Å². The molecule has 0 aromatic carbocycles. The number of aromatic nitrogens is 5. The van der Waals surface area contributed by atoms with Gasteiger partial charge in [0.25, 0.3) is 5.89 Å². The molecule has 0 spiro atoms. The smallest absolute Gasteiger partial charge is 0.274 e. The maximum atomic E-state index is 8.73. The van der Waals surface area contributed by atoms with E-state index in [4.69, 9.17) is 9.78 Å². The van der Waals surface area contributed by atoms with E-state index in [0.717, 1.165) is 5.69 Å². The number of hydrogen-bond acceptors (Lipinski definition) is 5. The summed E-state index contributed by atoms with van der Waals surface area (Å²) in [7, 11) is 1.85. The number of H-pyrrole nitrogens is 1. The first-order chi connectivity index (χ1) is 8.78. The highest BCUT2D eigenvalue weighted by molar-refractivity contribution is 5.55. The molecule has 3 heterocycles. The second-order valence-corrected chi connectivity index (χ2v) is 3.71. The van der Waals surface area contributed by atoms with Gasteiger partial charge in [-0.05, 0) is 12.1 Å². The molecule has 0 unspecified atom stereocenters. The minimum Gasteiger partial charge on any atom is -0.342 e. The van der Waals surface area contributed by atoms with Gasteiger partial charge in [-0.15, -0.1) is 0 Å². The van der Waals surface area contributed by atoms with Gasteiger partial charge >= 0.3 is 0 Å². The highest BCUT2D eigenvalue weighted by Gasteiger charge is 2.14. The molecule has 0 bridgehead atoms. The first-order valence-corrected chi connectivity index (χ1v) is 5.18. The SMILES string of the molecule is Cn1cncc1-c1noc(-c2ccc(C#N)[nH]2)n1. The molecule has 3 rings (SSSR count). The molecule has 7 nitrogen and oxygen atoms in total. The van der Waals surface area contributed by atoms with Crippen molar-refractivity contribution in [3.05, 3.63) is 30.4 Å².